The molecule has 2 heterocycles. The molecule has 8 heteroatoms. The van der Waals surface area contributed by atoms with Crippen LogP contribution in [-0.4, -0.2) is 81.2 Å². The number of hydrogen-bond acceptors (Lipinski definition) is 6. The number of ether oxygens (including phenoxy) is 3. The van der Waals surface area contributed by atoms with E-state index in [0.717, 1.165) is 12.8 Å². The van der Waals surface area contributed by atoms with Gasteiger partial charge < -0.3 is 19.1 Å². The lowest BCUT2D eigenvalue weighted by atomic mass is 9.75. The molecule has 2 fully saturated rings. The molecule has 164 valence electrons. The topological polar surface area (TPSA) is 85.4 Å². The summed E-state index contributed by atoms with van der Waals surface area (Å²) in [6.45, 7) is 1.52. The van der Waals surface area contributed by atoms with Gasteiger partial charge >= 0.3 is 0 Å². The number of carbonyl (C=O) groups excluding carboxylic acids is 3. The summed E-state index contributed by atoms with van der Waals surface area (Å²) in [4.78, 5) is 42.6. The van der Waals surface area contributed by atoms with Crippen LogP contribution in [0, 0.1) is 0 Å². The van der Waals surface area contributed by atoms with E-state index >= 15 is 0 Å². The van der Waals surface area contributed by atoms with Crippen LogP contribution in [-0.2, 0) is 29.3 Å². The van der Waals surface area contributed by atoms with Crippen LogP contribution in [0.15, 0.2) is 24.3 Å². The second-order valence-electron chi connectivity index (χ2n) is 7.82. The van der Waals surface area contributed by atoms with E-state index in [1.165, 1.54) is 19.1 Å². The molecule has 2 atom stereocenters. The van der Waals surface area contributed by atoms with Crippen LogP contribution in [0.5, 0.6) is 5.75 Å². The van der Waals surface area contributed by atoms with Crippen molar-refractivity contribution in [1.29, 1.82) is 0 Å². The normalized spacial score (nSPS) is 24.4. The maximum absolute atomic E-state index is 13.5. The van der Waals surface area contributed by atoms with Crippen molar-refractivity contribution in [2.45, 2.75) is 37.2 Å². The smallest absolute Gasteiger partial charge is 0.241 e. The van der Waals surface area contributed by atoms with E-state index < -0.39 is 5.41 Å². The number of amides is 3. The fourth-order valence-corrected chi connectivity index (χ4v) is 4.42. The number of rotatable bonds is 8. The first-order chi connectivity index (χ1) is 14.5. The second kappa shape index (κ2) is 9.57. The van der Waals surface area contributed by atoms with Gasteiger partial charge in [-0.05, 0) is 18.9 Å². The van der Waals surface area contributed by atoms with E-state index in [1.807, 2.05) is 0 Å². The summed E-state index contributed by atoms with van der Waals surface area (Å²) in [5.74, 6) is -0.335. The first-order valence-electron chi connectivity index (χ1n) is 10.2. The Labute approximate surface area is 177 Å². The predicted molar refractivity (Wildman–Crippen MR) is 109 cm³/mol. The lowest BCUT2D eigenvalue weighted by Crippen LogP contribution is -2.47. The fraction of sp³-hybridized carbons (Fsp3) is 0.591. The largest absolute Gasteiger partial charge is 0.496 e. The molecule has 3 rings (SSSR count). The van der Waals surface area contributed by atoms with E-state index in [1.54, 1.807) is 36.3 Å². The van der Waals surface area contributed by atoms with Gasteiger partial charge in [-0.1, -0.05) is 18.2 Å². The van der Waals surface area contributed by atoms with Crippen LogP contribution in [0.25, 0.3) is 0 Å². The summed E-state index contributed by atoms with van der Waals surface area (Å²) in [6, 6.07) is 7.11. The van der Waals surface area contributed by atoms with Crippen molar-refractivity contribution in [2.75, 3.05) is 47.6 Å². The first-order valence-corrected chi connectivity index (χ1v) is 10.2. The Morgan fingerprint density at radius 3 is 2.67 bits per heavy atom. The Morgan fingerprint density at radius 2 is 1.97 bits per heavy atom. The second-order valence-corrected chi connectivity index (χ2v) is 7.82. The number of para-hydroxylation sites is 1. The quantitative estimate of drug-likeness (QED) is 0.593. The van der Waals surface area contributed by atoms with Crippen LogP contribution >= 0.6 is 0 Å². The molecule has 3 amide bonds. The highest BCUT2D eigenvalue weighted by molar-refractivity contribution is 6.11. The SMILES string of the molecule is COCCN1C(=O)C[C@@](CC(=O)N2CCC[C@@H](OC)C2)(c2ccccc2OC)C1=O. The number of imide groups is 1. The molecule has 30 heavy (non-hydrogen) atoms. The van der Waals surface area contributed by atoms with Crippen LogP contribution < -0.4 is 4.74 Å². The molecular formula is C22H30N2O6. The number of benzene rings is 1. The Kier molecular flexibility index (Phi) is 7.10. The average molecular weight is 418 g/mol. The minimum Gasteiger partial charge on any atom is -0.496 e. The van der Waals surface area contributed by atoms with Gasteiger partial charge in [0.15, 0.2) is 0 Å². The maximum atomic E-state index is 13.5. The Hall–Kier alpha value is -2.45. The van der Waals surface area contributed by atoms with E-state index in [-0.39, 0.29) is 49.8 Å². The maximum Gasteiger partial charge on any atom is 0.241 e. The summed E-state index contributed by atoms with van der Waals surface area (Å²) < 4.78 is 16.0. The summed E-state index contributed by atoms with van der Waals surface area (Å²) in [5.41, 5.74) is -0.714. The van der Waals surface area contributed by atoms with Gasteiger partial charge in [0.2, 0.25) is 17.7 Å². The van der Waals surface area contributed by atoms with E-state index in [0.29, 0.717) is 24.4 Å². The lowest BCUT2D eigenvalue weighted by Gasteiger charge is -2.35. The monoisotopic (exact) mass is 418 g/mol. The third-order valence-corrected chi connectivity index (χ3v) is 6.07. The predicted octanol–water partition coefficient (Wildman–Crippen LogP) is 1.37. The van der Waals surface area contributed by atoms with Crippen molar-refractivity contribution in [3.63, 3.8) is 0 Å². The molecule has 0 N–H and O–H groups in total. The number of hydrogen-bond donors (Lipinski definition) is 0. The minimum absolute atomic E-state index is 0.0102. The Balaban J connectivity index is 1.96. The van der Waals surface area contributed by atoms with Gasteiger partial charge in [-0.3, -0.25) is 19.3 Å². The van der Waals surface area contributed by atoms with Crippen molar-refractivity contribution in [3.8, 4) is 5.75 Å². The summed E-state index contributed by atoms with van der Waals surface area (Å²) >= 11 is 0. The van der Waals surface area contributed by atoms with E-state index in [4.69, 9.17) is 14.2 Å². The van der Waals surface area contributed by atoms with Crippen LogP contribution in [0.4, 0.5) is 0 Å². The molecule has 0 radical (unpaired) electrons. The van der Waals surface area contributed by atoms with Gasteiger partial charge in [-0.25, -0.2) is 0 Å². The van der Waals surface area contributed by atoms with Gasteiger partial charge in [0.1, 0.15) is 5.75 Å². The van der Waals surface area contributed by atoms with Gasteiger partial charge in [0.25, 0.3) is 0 Å². The van der Waals surface area contributed by atoms with Crippen molar-refractivity contribution in [1.82, 2.24) is 9.80 Å². The highest BCUT2D eigenvalue weighted by Crippen LogP contribution is 2.44. The van der Waals surface area contributed by atoms with Crippen LogP contribution in [0.3, 0.4) is 0 Å². The average Bonchev–Trinajstić information content (AvgIpc) is 3.01. The zero-order valence-electron chi connectivity index (χ0n) is 17.9. The molecule has 0 aromatic heterocycles. The minimum atomic E-state index is -1.28. The van der Waals surface area contributed by atoms with Gasteiger partial charge in [-0.15, -0.1) is 0 Å². The van der Waals surface area contributed by atoms with Gasteiger partial charge in [0.05, 0.1) is 31.8 Å². The summed E-state index contributed by atoms with van der Waals surface area (Å²) in [7, 11) is 4.68. The molecule has 2 aliphatic rings. The number of nitrogens with zero attached hydrogens (tertiary/aromatic N) is 2. The molecule has 0 spiro atoms. The highest BCUT2D eigenvalue weighted by atomic mass is 16.5. The lowest BCUT2D eigenvalue weighted by molar-refractivity contribution is -0.144. The summed E-state index contributed by atoms with van der Waals surface area (Å²) in [6.07, 6.45) is 1.59. The number of methoxy groups -OCH3 is 3. The molecule has 0 bridgehead atoms. The van der Waals surface area contributed by atoms with Gasteiger partial charge in [0, 0.05) is 45.7 Å². The zero-order chi connectivity index (χ0) is 21.7. The molecule has 8 nitrogen and oxygen atoms in total. The number of likely N-dealkylation sites (tertiary alicyclic amines) is 2. The van der Waals surface area contributed by atoms with Crippen molar-refractivity contribution in [3.05, 3.63) is 29.8 Å². The third kappa shape index (κ3) is 4.20. The standard InChI is InChI=1S/C22H30N2O6/c1-28-12-11-24-20(26)14-22(21(24)27,17-8-4-5-9-18(17)30-3)13-19(25)23-10-6-7-16(15-23)29-2/h4-5,8-9,16H,6-7,10-15H2,1-3H3/t16-,22+/m1/s1. The highest BCUT2D eigenvalue weighted by Gasteiger charge is 2.55. The molecule has 1 aromatic carbocycles. The molecule has 1 aromatic rings. The van der Waals surface area contributed by atoms with Crippen molar-refractivity contribution >= 4 is 17.7 Å². The molecule has 2 aliphatic heterocycles. The number of carbonyl (C=O) groups is 3. The van der Waals surface area contributed by atoms with Crippen LogP contribution in [0.2, 0.25) is 0 Å². The third-order valence-electron chi connectivity index (χ3n) is 6.07. The Morgan fingerprint density at radius 1 is 1.20 bits per heavy atom. The Bertz CT molecular complexity index is 798. The zero-order valence-corrected chi connectivity index (χ0v) is 17.9. The molecule has 0 saturated carbocycles. The van der Waals surface area contributed by atoms with Crippen molar-refractivity contribution in [2.24, 2.45) is 0 Å². The first kappa shape index (κ1) is 22.2. The molecule has 0 unspecified atom stereocenters. The van der Waals surface area contributed by atoms with E-state index in [2.05, 4.69) is 0 Å². The summed E-state index contributed by atoms with van der Waals surface area (Å²) in [5, 5.41) is 0. The molecule has 0 aliphatic carbocycles. The van der Waals surface area contributed by atoms with E-state index in [9.17, 15) is 14.4 Å². The van der Waals surface area contributed by atoms with Crippen LogP contribution in [0.1, 0.15) is 31.2 Å². The molecular weight excluding hydrogens is 388 g/mol. The number of piperidine rings is 1. The van der Waals surface area contributed by atoms with Crippen molar-refractivity contribution < 1.29 is 28.6 Å². The van der Waals surface area contributed by atoms with Gasteiger partial charge in [-0.2, -0.15) is 0 Å². The molecule has 2 saturated heterocycles. The fourth-order valence-electron chi connectivity index (χ4n) is 4.42.